The predicted octanol–water partition coefficient (Wildman–Crippen LogP) is 7.32. The number of carbonyl (C=O) groups is 2. The Balaban J connectivity index is 2.05. The molecule has 0 spiro atoms. The molecule has 3 aromatic carbocycles. The molecule has 0 N–H and O–H groups in total. The van der Waals surface area contributed by atoms with Crippen molar-refractivity contribution in [3.8, 4) is 0 Å². The van der Waals surface area contributed by atoms with E-state index in [2.05, 4.69) is 0 Å². The van der Waals surface area contributed by atoms with Crippen LogP contribution in [0, 0.1) is 0 Å². The van der Waals surface area contributed by atoms with E-state index in [1.807, 2.05) is 0 Å². The molecule has 0 aliphatic carbocycles. The first-order chi connectivity index (χ1) is 14.8. The Morgan fingerprint density at radius 3 is 2.03 bits per heavy atom. The molecular formula is C23H17Cl4NO3. The Hall–Kier alpha value is -2.24. The first-order valence-electron chi connectivity index (χ1n) is 9.29. The van der Waals surface area contributed by atoms with E-state index in [0.29, 0.717) is 26.9 Å². The van der Waals surface area contributed by atoms with Crippen molar-refractivity contribution >= 4 is 64.0 Å². The summed E-state index contributed by atoms with van der Waals surface area (Å²) in [4.78, 5) is 26.9. The fourth-order valence-electron chi connectivity index (χ4n) is 2.93. The molecule has 3 aromatic rings. The van der Waals surface area contributed by atoms with Gasteiger partial charge in [-0.1, -0.05) is 58.5 Å². The molecule has 0 saturated carbocycles. The molecule has 0 saturated heterocycles. The number of amides is 1. The Bertz CT molecular complexity index is 1100. The van der Waals surface area contributed by atoms with Crippen LogP contribution in [-0.2, 0) is 11.3 Å². The average Bonchev–Trinajstić information content (AvgIpc) is 2.75. The highest BCUT2D eigenvalue weighted by atomic mass is 35.5. The molecule has 0 aliphatic heterocycles. The molecule has 0 atom stereocenters. The normalized spacial score (nSPS) is 10.6. The van der Waals surface area contributed by atoms with Crippen molar-refractivity contribution in [3.63, 3.8) is 0 Å². The van der Waals surface area contributed by atoms with Gasteiger partial charge >= 0.3 is 5.97 Å². The molecule has 0 radical (unpaired) electrons. The molecule has 160 valence electrons. The van der Waals surface area contributed by atoms with Crippen LogP contribution >= 0.6 is 46.4 Å². The highest BCUT2D eigenvalue weighted by molar-refractivity contribution is 6.44. The zero-order valence-corrected chi connectivity index (χ0v) is 19.4. The summed E-state index contributed by atoms with van der Waals surface area (Å²) in [5, 5.41) is 1.25. The first-order valence-corrected chi connectivity index (χ1v) is 10.8. The summed E-state index contributed by atoms with van der Waals surface area (Å²) in [5.41, 5.74) is 1.69. The molecule has 0 unspecified atom stereocenters. The number of ether oxygens (including phenoxy) is 1. The zero-order chi connectivity index (χ0) is 22.5. The molecule has 3 rings (SSSR count). The minimum absolute atomic E-state index is 0.0823. The number of halogens is 4. The minimum atomic E-state index is -0.445. The molecule has 31 heavy (non-hydrogen) atoms. The number of nitrogens with zero attached hydrogens (tertiary/aromatic N) is 1. The van der Waals surface area contributed by atoms with Crippen LogP contribution in [-0.4, -0.2) is 18.5 Å². The third-order valence-corrected chi connectivity index (χ3v) is 6.02. The van der Waals surface area contributed by atoms with E-state index in [9.17, 15) is 9.59 Å². The van der Waals surface area contributed by atoms with Gasteiger partial charge in [0.1, 0.15) is 0 Å². The van der Waals surface area contributed by atoms with Gasteiger partial charge in [0.15, 0.2) is 0 Å². The van der Waals surface area contributed by atoms with Crippen molar-refractivity contribution < 1.29 is 14.3 Å². The van der Waals surface area contributed by atoms with Gasteiger partial charge in [-0.2, -0.15) is 0 Å². The van der Waals surface area contributed by atoms with Gasteiger partial charge in [0.2, 0.25) is 0 Å². The molecule has 0 heterocycles. The number of anilines is 1. The SMILES string of the molecule is CCOC(=O)c1ccc(N(Cc2c(Cl)cccc2Cl)C(=O)c2cccc(Cl)c2Cl)cc1. The molecule has 1 amide bonds. The van der Waals surface area contributed by atoms with E-state index in [0.717, 1.165) is 0 Å². The van der Waals surface area contributed by atoms with Crippen molar-refractivity contribution in [2.45, 2.75) is 13.5 Å². The van der Waals surface area contributed by atoms with Crippen LogP contribution in [0.4, 0.5) is 5.69 Å². The molecule has 0 aliphatic rings. The van der Waals surface area contributed by atoms with Gasteiger partial charge in [0.05, 0.1) is 34.3 Å². The van der Waals surface area contributed by atoms with Crippen LogP contribution in [0.5, 0.6) is 0 Å². The van der Waals surface area contributed by atoms with E-state index in [1.54, 1.807) is 67.6 Å². The van der Waals surface area contributed by atoms with E-state index in [-0.39, 0.29) is 28.8 Å². The largest absolute Gasteiger partial charge is 0.462 e. The Morgan fingerprint density at radius 1 is 0.839 bits per heavy atom. The lowest BCUT2D eigenvalue weighted by Crippen LogP contribution is -2.31. The van der Waals surface area contributed by atoms with Crippen molar-refractivity contribution in [1.82, 2.24) is 0 Å². The van der Waals surface area contributed by atoms with E-state index in [1.165, 1.54) is 4.90 Å². The van der Waals surface area contributed by atoms with Crippen LogP contribution in [0.2, 0.25) is 20.1 Å². The fraction of sp³-hybridized carbons (Fsp3) is 0.130. The minimum Gasteiger partial charge on any atom is -0.462 e. The predicted molar refractivity (Wildman–Crippen MR) is 126 cm³/mol. The van der Waals surface area contributed by atoms with Gasteiger partial charge in [-0.15, -0.1) is 0 Å². The van der Waals surface area contributed by atoms with Gasteiger partial charge < -0.3 is 9.64 Å². The number of carbonyl (C=O) groups excluding carboxylic acids is 2. The van der Waals surface area contributed by atoms with Gasteiger partial charge in [0, 0.05) is 21.3 Å². The van der Waals surface area contributed by atoms with Gasteiger partial charge in [-0.3, -0.25) is 4.79 Å². The van der Waals surface area contributed by atoms with Crippen molar-refractivity contribution in [1.29, 1.82) is 0 Å². The van der Waals surface area contributed by atoms with Crippen LogP contribution in [0.15, 0.2) is 60.7 Å². The quantitative estimate of drug-likeness (QED) is 0.335. The second kappa shape index (κ2) is 10.4. The van der Waals surface area contributed by atoms with Gasteiger partial charge in [-0.05, 0) is 55.5 Å². The van der Waals surface area contributed by atoms with Crippen LogP contribution < -0.4 is 4.90 Å². The lowest BCUT2D eigenvalue weighted by atomic mass is 10.1. The fourth-order valence-corrected chi connectivity index (χ4v) is 3.83. The number of hydrogen-bond acceptors (Lipinski definition) is 3. The standard InChI is InChI=1S/C23H17Cl4NO3/c1-2-31-23(30)14-9-11-15(12-10-14)28(13-17-18(24)6-4-7-19(17)25)22(29)16-5-3-8-20(26)21(16)27/h3-12H,2,13H2,1H3. The number of rotatable bonds is 6. The van der Waals surface area contributed by atoms with Crippen LogP contribution in [0.3, 0.4) is 0 Å². The third kappa shape index (κ3) is 5.34. The molecule has 0 aromatic heterocycles. The highest BCUT2D eigenvalue weighted by Gasteiger charge is 2.23. The first kappa shape index (κ1) is 23.4. The lowest BCUT2D eigenvalue weighted by molar-refractivity contribution is 0.0526. The smallest absolute Gasteiger partial charge is 0.338 e. The van der Waals surface area contributed by atoms with Crippen molar-refractivity contribution in [3.05, 3.63) is 97.4 Å². The summed E-state index contributed by atoms with van der Waals surface area (Å²) < 4.78 is 5.01. The van der Waals surface area contributed by atoms with Crippen molar-refractivity contribution in [2.24, 2.45) is 0 Å². The molecule has 4 nitrogen and oxygen atoms in total. The van der Waals surface area contributed by atoms with Gasteiger partial charge in [0.25, 0.3) is 5.91 Å². The van der Waals surface area contributed by atoms with E-state index in [4.69, 9.17) is 51.1 Å². The summed E-state index contributed by atoms with van der Waals surface area (Å²) in [6.07, 6.45) is 0. The number of esters is 1. The monoisotopic (exact) mass is 495 g/mol. The summed E-state index contributed by atoms with van der Waals surface area (Å²) in [5.74, 6) is -0.841. The summed E-state index contributed by atoms with van der Waals surface area (Å²) in [7, 11) is 0. The zero-order valence-electron chi connectivity index (χ0n) is 16.4. The Morgan fingerprint density at radius 2 is 1.42 bits per heavy atom. The third-order valence-electron chi connectivity index (χ3n) is 4.50. The maximum absolute atomic E-state index is 13.5. The highest BCUT2D eigenvalue weighted by Crippen LogP contribution is 2.32. The maximum Gasteiger partial charge on any atom is 0.338 e. The van der Waals surface area contributed by atoms with Crippen LogP contribution in [0.25, 0.3) is 0 Å². The number of benzene rings is 3. The Kier molecular flexibility index (Phi) is 7.84. The van der Waals surface area contributed by atoms with Crippen molar-refractivity contribution in [2.75, 3.05) is 11.5 Å². The second-order valence-corrected chi connectivity index (χ2v) is 8.06. The second-order valence-electron chi connectivity index (χ2n) is 6.46. The van der Waals surface area contributed by atoms with E-state index < -0.39 is 11.9 Å². The van der Waals surface area contributed by atoms with Crippen LogP contribution in [0.1, 0.15) is 33.2 Å². The molecular weight excluding hydrogens is 480 g/mol. The topological polar surface area (TPSA) is 46.6 Å². The molecule has 8 heteroatoms. The summed E-state index contributed by atoms with van der Waals surface area (Å²) in [6, 6.07) is 16.4. The average molecular weight is 497 g/mol. The lowest BCUT2D eigenvalue weighted by Gasteiger charge is -2.25. The Labute approximate surface area is 200 Å². The summed E-state index contributed by atoms with van der Waals surface area (Å²) >= 11 is 25.1. The maximum atomic E-state index is 13.5. The molecule has 0 bridgehead atoms. The molecule has 0 fully saturated rings. The van der Waals surface area contributed by atoms with Gasteiger partial charge in [-0.25, -0.2) is 4.79 Å². The summed E-state index contributed by atoms with van der Waals surface area (Å²) in [6.45, 7) is 2.08. The number of hydrogen-bond donors (Lipinski definition) is 0. The van der Waals surface area contributed by atoms with E-state index >= 15 is 0 Å².